The molecule has 1 radical (unpaired) electrons. The number of rotatable bonds is 2. The summed E-state index contributed by atoms with van der Waals surface area (Å²) in [6.07, 6.45) is 2.13. The van der Waals surface area contributed by atoms with E-state index in [2.05, 4.69) is 40.7 Å². The van der Waals surface area contributed by atoms with Gasteiger partial charge in [0.15, 0.2) is 0 Å². The first kappa shape index (κ1) is 13.3. The zero-order chi connectivity index (χ0) is 14.9. The van der Waals surface area contributed by atoms with Gasteiger partial charge in [-0.05, 0) is 36.5 Å². The number of urea groups is 1. The average molecular weight is 292 g/mol. The fraction of sp³-hybridized carbons (Fsp3) is 0.278. The summed E-state index contributed by atoms with van der Waals surface area (Å²) < 4.78 is 0. The van der Waals surface area contributed by atoms with Gasteiger partial charge in [-0.25, -0.2) is 14.8 Å². The fourth-order valence-corrected chi connectivity index (χ4v) is 3.39. The van der Waals surface area contributed by atoms with Crippen LogP contribution < -0.4 is 10.3 Å². The highest BCUT2D eigenvalue weighted by Crippen LogP contribution is 2.36. The Kier molecular flexibility index (Phi) is 3.31. The molecule has 111 valence electrons. The molecule has 4 rings (SSSR count). The standard InChI is InChI=1S/C18H18N3O/c22-18-19-16-8-4-5-9-17(16)21(18)20-12-10-15(11-13-20)14-6-2-1-3-7-14/h1-9,15H,10-13H2. The van der Waals surface area contributed by atoms with E-state index in [1.165, 1.54) is 5.56 Å². The van der Waals surface area contributed by atoms with Crippen LogP contribution in [0.2, 0.25) is 0 Å². The maximum Gasteiger partial charge on any atom is 0.363 e. The van der Waals surface area contributed by atoms with Crippen molar-refractivity contribution in [2.75, 3.05) is 18.1 Å². The number of hydrogen-bond acceptors (Lipinski definition) is 2. The molecule has 4 nitrogen and oxygen atoms in total. The third-order valence-electron chi connectivity index (χ3n) is 4.53. The summed E-state index contributed by atoms with van der Waals surface area (Å²) in [7, 11) is 0. The van der Waals surface area contributed by atoms with Gasteiger partial charge in [-0.3, -0.25) is 0 Å². The van der Waals surface area contributed by atoms with Crippen molar-refractivity contribution in [1.29, 1.82) is 0 Å². The minimum absolute atomic E-state index is 0.167. The van der Waals surface area contributed by atoms with Crippen molar-refractivity contribution < 1.29 is 4.79 Å². The molecule has 22 heavy (non-hydrogen) atoms. The van der Waals surface area contributed by atoms with E-state index in [1.807, 2.05) is 24.3 Å². The predicted octanol–water partition coefficient (Wildman–Crippen LogP) is 3.66. The van der Waals surface area contributed by atoms with Crippen molar-refractivity contribution in [1.82, 2.24) is 10.3 Å². The summed E-state index contributed by atoms with van der Waals surface area (Å²) in [6, 6.07) is 18.2. The molecule has 4 heteroatoms. The van der Waals surface area contributed by atoms with Crippen molar-refractivity contribution in [2.24, 2.45) is 0 Å². The first-order valence-corrected chi connectivity index (χ1v) is 7.77. The molecule has 2 aromatic carbocycles. The van der Waals surface area contributed by atoms with Crippen LogP contribution in [0.15, 0.2) is 54.6 Å². The second-order valence-electron chi connectivity index (χ2n) is 5.83. The lowest BCUT2D eigenvalue weighted by atomic mass is 9.90. The molecule has 0 spiro atoms. The number of hydrazine groups is 1. The van der Waals surface area contributed by atoms with E-state index in [-0.39, 0.29) is 6.03 Å². The van der Waals surface area contributed by atoms with Crippen molar-refractivity contribution >= 4 is 17.4 Å². The minimum Gasteiger partial charge on any atom is -0.244 e. The van der Waals surface area contributed by atoms with Gasteiger partial charge in [-0.15, -0.1) is 0 Å². The van der Waals surface area contributed by atoms with E-state index in [1.54, 1.807) is 5.01 Å². The highest BCUT2D eigenvalue weighted by molar-refractivity contribution is 6.03. The summed E-state index contributed by atoms with van der Waals surface area (Å²) in [6.45, 7) is 1.77. The van der Waals surface area contributed by atoms with Crippen LogP contribution in [-0.4, -0.2) is 24.1 Å². The van der Waals surface area contributed by atoms with Crippen LogP contribution >= 0.6 is 0 Å². The van der Waals surface area contributed by atoms with Crippen LogP contribution in [0.1, 0.15) is 24.3 Å². The molecule has 2 aliphatic rings. The second kappa shape index (κ2) is 5.46. The van der Waals surface area contributed by atoms with E-state index >= 15 is 0 Å². The molecule has 0 bridgehead atoms. The number of amides is 2. The van der Waals surface area contributed by atoms with Gasteiger partial charge in [0.2, 0.25) is 0 Å². The number of carbonyl (C=O) groups is 1. The van der Waals surface area contributed by atoms with Crippen LogP contribution in [0.25, 0.3) is 0 Å². The van der Waals surface area contributed by atoms with Gasteiger partial charge in [0.25, 0.3) is 0 Å². The highest BCUT2D eigenvalue weighted by Gasteiger charge is 2.35. The first-order valence-electron chi connectivity index (χ1n) is 7.77. The molecule has 0 unspecified atom stereocenters. The Morgan fingerprint density at radius 1 is 0.909 bits per heavy atom. The number of hydrogen-bond donors (Lipinski definition) is 0. The van der Waals surface area contributed by atoms with Crippen LogP contribution in [0, 0.1) is 0 Å². The molecular formula is C18H18N3O. The monoisotopic (exact) mass is 292 g/mol. The summed E-state index contributed by atoms with van der Waals surface area (Å²) in [4.78, 5) is 12.2. The van der Waals surface area contributed by atoms with Crippen molar-refractivity contribution in [2.45, 2.75) is 18.8 Å². The number of benzene rings is 2. The van der Waals surface area contributed by atoms with Crippen LogP contribution in [0.3, 0.4) is 0 Å². The lowest BCUT2D eigenvalue weighted by molar-refractivity contribution is 0.188. The fourth-order valence-electron chi connectivity index (χ4n) is 3.39. The lowest BCUT2D eigenvalue weighted by Crippen LogP contribution is -2.48. The van der Waals surface area contributed by atoms with Crippen molar-refractivity contribution in [3.8, 4) is 0 Å². The Morgan fingerprint density at radius 2 is 1.59 bits per heavy atom. The van der Waals surface area contributed by atoms with Crippen LogP contribution in [0.5, 0.6) is 0 Å². The van der Waals surface area contributed by atoms with E-state index in [0.29, 0.717) is 5.92 Å². The molecule has 0 aliphatic carbocycles. The topological polar surface area (TPSA) is 37.7 Å². The second-order valence-corrected chi connectivity index (χ2v) is 5.83. The molecule has 0 saturated carbocycles. The Bertz CT molecular complexity index is 678. The summed E-state index contributed by atoms with van der Waals surface area (Å²) >= 11 is 0. The highest BCUT2D eigenvalue weighted by atomic mass is 16.2. The van der Waals surface area contributed by atoms with Gasteiger partial charge < -0.3 is 0 Å². The molecule has 2 amide bonds. The number of piperidine rings is 1. The summed E-state index contributed by atoms with van der Waals surface area (Å²) in [5.41, 5.74) is 3.09. The first-order chi connectivity index (χ1) is 10.8. The zero-order valence-electron chi connectivity index (χ0n) is 12.4. The summed E-state index contributed by atoms with van der Waals surface area (Å²) in [5.74, 6) is 0.585. The number of fused-ring (bicyclic) bond motifs is 1. The smallest absolute Gasteiger partial charge is 0.244 e. The van der Waals surface area contributed by atoms with Crippen molar-refractivity contribution in [3.63, 3.8) is 0 Å². The van der Waals surface area contributed by atoms with Crippen LogP contribution in [0.4, 0.5) is 16.2 Å². The average Bonchev–Trinajstić information content (AvgIpc) is 2.91. The van der Waals surface area contributed by atoms with Crippen molar-refractivity contribution in [3.05, 3.63) is 60.2 Å². The normalized spacial score (nSPS) is 19.1. The molecule has 1 saturated heterocycles. The third kappa shape index (κ3) is 2.25. The molecule has 2 heterocycles. The lowest BCUT2D eigenvalue weighted by Gasteiger charge is -2.37. The van der Waals surface area contributed by atoms with Gasteiger partial charge in [-0.2, -0.15) is 5.32 Å². The number of anilines is 1. The van der Waals surface area contributed by atoms with Gasteiger partial charge in [0.1, 0.15) is 0 Å². The van der Waals surface area contributed by atoms with E-state index in [0.717, 1.165) is 37.3 Å². The van der Waals surface area contributed by atoms with Gasteiger partial charge in [-0.1, -0.05) is 42.5 Å². The largest absolute Gasteiger partial charge is 0.363 e. The van der Waals surface area contributed by atoms with Gasteiger partial charge in [0, 0.05) is 13.1 Å². The minimum atomic E-state index is -0.167. The Labute approximate surface area is 130 Å². The Balaban J connectivity index is 1.49. The van der Waals surface area contributed by atoms with Crippen LogP contribution in [-0.2, 0) is 0 Å². The maximum absolute atomic E-state index is 12.2. The maximum atomic E-state index is 12.2. The quantitative estimate of drug-likeness (QED) is 0.847. The molecule has 0 atom stereocenters. The number of nitrogens with zero attached hydrogens (tertiary/aromatic N) is 3. The molecular weight excluding hydrogens is 274 g/mol. The molecule has 2 aliphatic heterocycles. The molecule has 1 fully saturated rings. The van der Waals surface area contributed by atoms with E-state index in [9.17, 15) is 4.79 Å². The summed E-state index contributed by atoms with van der Waals surface area (Å²) in [5, 5.41) is 8.01. The number of para-hydroxylation sites is 2. The SMILES string of the molecule is O=C1[N]c2ccccc2N1N1CCC(c2ccccc2)CC1. The van der Waals surface area contributed by atoms with Gasteiger partial charge in [0.05, 0.1) is 11.4 Å². The Hall–Kier alpha value is -2.33. The van der Waals surface area contributed by atoms with Gasteiger partial charge >= 0.3 is 6.03 Å². The third-order valence-corrected chi connectivity index (χ3v) is 4.53. The van der Waals surface area contributed by atoms with E-state index < -0.39 is 0 Å². The zero-order valence-corrected chi connectivity index (χ0v) is 12.4. The molecule has 0 aromatic heterocycles. The molecule has 2 aromatic rings. The van der Waals surface area contributed by atoms with E-state index in [4.69, 9.17) is 0 Å². The molecule has 0 N–H and O–H groups in total. The predicted molar refractivity (Wildman–Crippen MR) is 86.1 cm³/mol. The Morgan fingerprint density at radius 3 is 2.36 bits per heavy atom. The number of carbonyl (C=O) groups excluding carboxylic acids is 1.